The van der Waals surface area contributed by atoms with Gasteiger partial charge >= 0.3 is 11.9 Å². The minimum absolute atomic E-state index is 0.124. The average Bonchev–Trinajstić information content (AvgIpc) is 3.07. The Bertz CT molecular complexity index is 1090. The number of aromatic nitrogens is 1. The number of hydrogen-bond donors (Lipinski definition) is 4. The van der Waals surface area contributed by atoms with Crippen LogP contribution in [0.25, 0.3) is 0 Å². The predicted octanol–water partition coefficient (Wildman–Crippen LogP) is 3.81. The van der Waals surface area contributed by atoms with Crippen LogP contribution in [-0.2, 0) is 38.5 Å². The van der Waals surface area contributed by atoms with E-state index in [9.17, 15) is 9.59 Å². The third-order valence-corrected chi connectivity index (χ3v) is 9.61. The molecule has 11 heteroatoms. The molecule has 0 amide bonds. The Morgan fingerprint density at radius 3 is 1.67 bits per heavy atom. The van der Waals surface area contributed by atoms with E-state index in [0.717, 1.165) is 58.0 Å². The Labute approximate surface area is 276 Å². The van der Waals surface area contributed by atoms with Crippen LogP contribution in [-0.4, -0.2) is 94.3 Å². The first-order valence-corrected chi connectivity index (χ1v) is 18.0. The second kappa shape index (κ2) is 20.3. The monoisotopic (exact) mass is 645 g/mol. The summed E-state index contributed by atoms with van der Waals surface area (Å²) in [5.41, 5.74) is 2.73. The number of nitrogens with zero attached hydrogens (tertiary/aromatic N) is 1. The van der Waals surface area contributed by atoms with E-state index in [1.165, 1.54) is 25.7 Å². The summed E-state index contributed by atoms with van der Waals surface area (Å²) in [6.07, 6.45) is 12.5. The van der Waals surface area contributed by atoms with Crippen molar-refractivity contribution < 1.29 is 28.5 Å². The molecule has 1 aromatic rings. The number of nitrogens with one attached hydrogen (secondary N) is 4. The number of carbonyl (C=O) groups is 2. The predicted molar refractivity (Wildman–Crippen MR) is 178 cm³/mol. The molecule has 2 heterocycles. The summed E-state index contributed by atoms with van der Waals surface area (Å²) in [7, 11) is 1.58. The van der Waals surface area contributed by atoms with Crippen molar-refractivity contribution in [3.05, 3.63) is 28.1 Å². The van der Waals surface area contributed by atoms with Crippen molar-refractivity contribution in [1.82, 2.24) is 26.3 Å². The largest absolute Gasteiger partial charge is 0.460 e. The Kier molecular flexibility index (Phi) is 16.2. The quantitative estimate of drug-likeness (QED) is 0.185. The van der Waals surface area contributed by atoms with Crippen molar-refractivity contribution >= 4 is 11.9 Å². The van der Waals surface area contributed by atoms with Crippen LogP contribution in [0.2, 0.25) is 0 Å². The molecule has 0 unspecified atom stereocenters. The van der Waals surface area contributed by atoms with E-state index >= 15 is 0 Å². The fraction of sp³-hybridized carbons (Fsp3) is 0.800. The number of carbonyl (C=O) groups excluding carboxylic acids is 2. The molecule has 1 aliphatic heterocycles. The lowest BCUT2D eigenvalue weighted by molar-refractivity contribution is 0.0331. The SMILES string of the molecule is CCCCCc1c(C(=O)OCCOC)c2nc(c1C(=O)OCCOCC)CN[C@@H]1CCCC[C@H]1NCCN[C@@H]1CCCC[C@H]1NC2. The van der Waals surface area contributed by atoms with Gasteiger partial charge in [-0.3, -0.25) is 4.98 Å². The van der Waals surface area contributed by atoms with Gasteiger partial charge in [-0.2, -0.15) is 0 Å². The highest BCUT2D eigenvalue weighted by molar-refractivity contribution is 5.99. The van der Waals surface area contributed by atoms with Gasteiger partial charge in [-0.1, -0.05) is 45.4 Å². The number of hydrogen-bond acceptors (Lipinski definition) is 11. The first-order chi connectivity index (χ1) is 22.6. The molecular weight excluding hydrogens is 586 g/mol. The molecular formula is C35H59N5O6. The highest BCUT2D eigenvalue weighted by Crippen LogP contribution is 2.28. The number of unbranched alkanes of at least 4 members (excludes halogenated alkanes) is 2. The summed E-state index contributed by atoms with van der Waals surface area (Å²) in [4.78, 5) is 33.0. The third kappa shape index (κ3) is 10.7. The van der Waals surface area contributed by atoms with E-state index in [4.69, 9.17) is 23.9 Å². The fourth-order valence-corrected chi connectivity index (χ4v) is 7.20. The van der Waals surface area contributed by atoms with Gasteiger partial charge in [-0.15, -0.1) is 0 Å². The van der Waals surface area contributed by atoms with Gasteiger partial charge in [0.15, 0.2) is 0 Å². The number of esters is 2. The van der Waals surface area contributed by atoms with Crippen molar-refractivity contribution in [2.24, 2.45) is 0 Å². The van der Waals surface area contributed by atoms with Crippen LogP contribution in [0.4, 0.5) is 0 Å². The van der Waals surface area contributed by atoms with E-state index in [0.29, 0.717) is 72.9 Å². The van der Waals surface area contributed by atoms with Crippen molar-refractivity contribution in [1.29, 1.82) is 0 Å². The molecule has 2 saturated carbocycles. The van der Waals surface area contributed by atoms with Gasteiger partial charge in [-0.05, 0) is 51.0 Å². The summed E-state index contributed by atoms with van der Waals surface area (Å²) in [6, 6.07) is 1.21. The average molecular weight is 646 g/mol. The second-order valence-electron chi connectivity index (χ2n) is 12.8. The van der Waals surface area contributed by atoms with Gasteiger partial charge in [0.05, 0.1) is 35.7 Å². The van der Waals surface area contributed by atoms with Crippen LogP contribution in [0.3, 0.4) is 0 Å². The lowest BCUT2D eigenvalue weighted by Crippen LogP contribution is -2.53. The Hall–Kier alpha value is -2.15. The smallest absolute Gasteiger partial charge is 0.340 e. The van der Waals surface area contributed by atoms with E-state index in [1.807, 2.05) is 6.92 Å². The van der Waals surface area contributed by atoms with Crippen LogP contribution < -0.4 is 21.3 Å². The molecule has 4 N–H and O–H groups in total. The molecule has 2 aliphatic carbocycles. The van der Waals surface area contributed by atoms with Crippen LogP contribution in [0.5, 0.6) is 0 Å². The summed E-state index contributed by atoms with van der Waals surface area (Å²) in [5.74, 6) is -0.933. The zero-order valence-corrected chi connectivity index (χ0v) is 28.6. The van der Waals surface area contributed by atoms with Crippen molar-refractivity contribution in [3.63, 3.8) is 0 Å². The van der Waals surface area contributed by atoms with Crippen LogP contribution in [0.15, 0.2) is 0 Å². The molecule has 0 aromatic carbocycles. The molecule has 2 fully saturated rings. The van der Waals surface area contributed by atoms with E-state index in [1.54, 1.807) is 7.11 Å². The second-order valence-corrected chi connectivity index (χ2v) is 12.8. The number of rotatable bonds is 13. The topological polar surface area (TPSA) is 132 Å². The number of pyridine rings is 1. The molecule has 3 aliphatic rings. The third-order valence-electron chi connectivity index (χ3n) is 9.61. The maximum Gasteiger partial charge on any atom is 0.340 e. The van der Waals surface area contributed by atoms with Crippen molar-refractivity contribution in [3.8, 4) is 0 Å². The summed E-state index contributed by atoms with van der Waals surface area (Å²) < 4.78 is 22.1. The highest BCUT2D eigenvalue weighted by Gasteiger charge is 2.32. The number of ether oxygens (including phenoxy) is 4. The standard InChI is InChI=1S/C35H59N5O6/c1-4-6-7-12-25-32(34(41)45-21-19-43-3)30-23-38-28-15-10-8-13-26(28)36-17-18-37-27-14-9-11-16-29(27)39-24-31(40-30)33(25)35(42)46-22-20-44-5-2/h26-29,36-39H,4-24H2,1-3H3/t26-,27-,28-,29-/m1/s1. The molecule has 0 saturated heterocycles. The van der Waals surface area contributed by atoms with Gasteiger partial charge in [0, 0.05) is 64.1 Å². The molecule has 0 spiro atoms. The van der Waals surface area contributed by atoms with Gasteiger partial charge < -0.3 is 40.2 Å². The van der Waals surface area contributed by atoms with Crippen LogP contribution >= 0.6 is 0 Å². The van der Waals surface area contributed by atoms with Crippen LogP contribution in [0, 0.1) is 0 Å². The highest BCUT2D eigenvalue weighted by atomic mass is 16.6. The van der Waals surface area contributed by atoms with Crippen LogP contribution in [0.1, 0.15) is 122 Å². The lowest BCUT2D eigenvalue weighted by atomic mass is 9.89. The first kappa shape index (κ1) is 36.7. The normalized spacial score (nSPS) is 24.2. The van der Waals surface area contributed by atoms with E-state index < -0.39 is 11.9 Å². The zero-order chi connectivity index (χ0) is 32.6. The zero-order valence-electron chi connectivity index (χ0n) is 28.6. The molecule has 11 nitrogen and oxygen atoms in total. The molecule has 46 heavy (non-hydrogen) atoms. The van der Waals surface area contributed by atoms with Gasteiger partial charge in [0.1, 0.15) is 13.2 Å². The van der Waals surface area contributed by atoms with E-state index in [2.05, 4.69) is 28.2 Å². The Balaban J connectivity index is 1.80. The van der Waals surface area contributed by atoms with Gasteiger partial charge in [0.2, 0.25) is 0 Å². The first-order valence-electron chi connectivity index (χ1n) is 18.0. The fourth-order valence-electron chi connectivity index (χ4n) is 7.20. The molecule has 4 atom stereocenters. The number of fused-ring (bicyclic) bond motifs is 4. The molecule has 4 rings (SSSR count). The van der Waals surface area contributed by atoms with Gasteiger partial charge in [-0.25, -0.2) is 9.59 Å². The van der Waals surface area contributed by atoms with Gasteiger partial charge in [0.25, 0.3) is 0 Å². The molecule has 260 valence electrons. The Morgan fingerprint density at radius 1 is 0.696 bits per heavy atom. The molecule has 2 bridgehead atoms. The van der Waals surface area contributed by atoms with E-state index in [-0.39, 0.29) is 31.9 Å². The van der Waals surface area contributed by atoms with Crippen molar-refractivity contribution in [2.75, 3.05) is 53.2 Å². The molecule has 1 aromatic heterocycles. The summed E-state index contributed by atoms with van der Waals surface area (Å²) in [6.45, 7) is 8.12. The number of methoxy groups -OCH3 is 1. The lowest BCUT2D eigenvalue weighted by Gasteiger charge is -2.34. The van der Waals surface area contributed by atoms with Crippen molar-refractivity contribution in [2.45, 2.75) is 128 Å². The minimum atomic E-state index is -0.469. The molecule has 0 radical (unpaired) electrons. The maximum absolute atomic E-state index is 13.9. The minimum Gasteiger partial charge on any atom is -0.460 e. The summed E-state index contributed by atoms with van der Waals surface area (Å²) >= 11 is 0. The maximum atomic E-state index is 13.9. The summed E-state index contributed by atoms with van der Waals surface area (Å²) in [5, 5.41) is 15.2. The Morgan fingerprint density at radius 2 is 1.20 bits per heavy atom.